The molecule has 1 heterocycles. The Labute approximate surface area is 137 Å². The molecular formula is C18H23FN4. The van der Waals surface area contributed by atoms with Crippen LogP contribution in [0.25, 0.3) is 0 Å². The second kappa shape index (κ2) is 7.72. The second-order valence-corrected chi connectivity index (χ2v) is 5.41. The van der Waals surface area contributed by atoms with Crippen LogP contribution in [-0.2, 0) is 6.42 Å². The van der Waals surface area contributed by atoms with Crippen molar-refractivity contribution in [3.63, 3.8) is 0 Å². The molecule has 0 saturated carbocycles. The molecule has 0 saturated heterocycles. The van der Waals surface area contributed by atoms with Crippen molar-refractivity contribution in [1.29, 1.82) is 0 Å². The van der Waals surface area contributed by atoms with Crippen LogP contribution in [-0.4, -0.2) is 29.8 Å². The highest BCUT2D eigenvalue weighted by Gasteiger charge is 2.08. The molecule has 1 N–H and O–H groups in total. The minimum atomic E-state index is -0.323. The maximum atomic E-state index is 13.9. The predicted molar refractivity (Wildman–Crippen MR) is 94.5 cm³/mol. The zero-order chi connectivity index (χ0) is 16.8. The molecule has 1 aromatic heterocycles. The van der Waals surface area contributed by atoms with Crippen LogP contribution in [0.15, 0.2) is 35.3 Å². The number of rotatable bonds is 6. The van der Waals surface area contributed by atoms with Crippen LogP contribution in [0.2, 0.25) is 0 Å². The maximum absolute atomic E-state index is 13.9. The number of benzene rings is 1. The maximum Gasteiger partial charge on any atom is 0.130 e. The van der Waals surface area contributed by atoms with E-state index in [-0.39, 0.29) is 5.82 Å². The van der Waals surface area contributed by atoms with Gasteiger partial charge in [0.25, 0.3) is 0 Å². The van der Waals surface area contributed by atoms with E-state index < -0.39 is 0 Å². The van der Waals surface area contributed by atoms with Gasteiger partial charge in [0.05, 0.1) is 12.0 Å². The second-order valence-electron chi connectivity index (χ2n) is 5.41. The van der Waals surface area contributed by atoms with Gasteiger partial charge in [0.2, 0.25) is 0 Å². The minimum Gasteiger partial charge on any atom is -0.366 e. The molecule has 4 nitrogen and oxygen atoms in total. The number of hydrogen-bond donors (Lipinski definition) is 1. The van der Waals surface area contributed by atoms with Gasteiger partial charge in [-0.25, -0.2) is 14.4 Å². The van der Waals surface area contributed by atoms with Gasteiger partial charge >= 0.3 is 0 Å². The molecule has 2 rings (SSSR count). The fraction of sp³-hybridized carbons (Fsp3) is 0.333. The van der Waals surface area contributed by atoms with E-state index in [0.717, 1.165) is 24.2 Å². The molecule has 122 valence electrons. The summed E-state index contributed by atoms with van der Waals surface area (Å²) in [6.07, 6.45) is 2.57. The fourth-order valence-corrected chi connectivity index (χ4v) is 2.06. The van der Waals surface area contributed by atoms with Gasteiger partial charge < -0.3 is 10.2 Å². The summed E-state index contributed by atoms with van der Waals surface area (Å²) >= 11 is 0. The Morgan fingerprint density at radius 2 is 2.09 bits per heavy atom. The number of anilines is 2. The Balaban J connectivity index is 2.31. The van der Waals surface area contributed by atoms with E-state index in [0.29, 0.717) is 17.2 Å². The molecular weight excluding hydrogens is 291 g/mol. The molecule has 1 aromatic carbocycles. The van der Waals surface area contributed by atoms with Crippen LogP contribution in [0.3, 0.4) is 0 Å². The third-order valence-corrected chi connectivity index (χ3v) is 3.67. The van der Waals surface area contributed by atoms with Crippen molar-refractivity contribution in [2.45, 2.75) is 27.2 Å². The van der Waals surface area contributed by atoms with Crippen LogP contribution >= 0.6 is 0 Å². The Bertz CT molecular complexity index is 697. The molecule has 0 amide bonds. The number of aliphatic imine (C=N–C) groups is 1. The van der Waals surface area contributed by atoms with E-state index >= 15 is 0 Å². The molecule has 0 aliphatic carbocycles. The quantitative estimate of drug-likeness (QED) is 0.633. The highest BCUT2D eigenvalue weighted by atomic mass is 19.1. The van der Waals surface area contributed by atoms with Crippen molar-refractivity contribution >= 4 is 23.5 Å². The first-order valence-electron chi connectivity index (χ1n) is 7.81. The first-order chi connectivity index (χ1) is 11.0. The Morgan fingerprint density at radius 1 is 1.30 bits per heavy atom. The highest BCUT2D eigenvalue weighted by molar-refractivity contribution is 5.71. The number of nitrogens with zero attached hydrogens (tertiary/aromatic N) is 3. The van der Waals surface area contributed by atoms with Crippen LogP contribution in [0, 0.1) is 12.7 Å². The number of hydrogen-bond acceptors (Lipinski definition) is 3. The molecule has 0 unspecified atom stereocenters. The first kappa shape index (κ1) is 16.9. The number of nitrogens with one attached hydrogen (secondary N) is 1. The van der Waals surface area contributed by atoms with Crippen molar-refractivity contribution in [2.24, 2.45) is 4.99 Å². The van der Waals surface area contributed by atoms with Crippen LogP contribution in [0.5, 0.6) is 0 Å². The standard InChI is InChI=1S/C18H23FN4/c1-5-15-8-7-9-18(21-15)22-17-11-14(19)10-16(13(17)3)20-12-23(4)6-2/h7-12H,5-6H2,1-4H3,(H,21,22). The largest absolute Gasteiger partial charge is 0.366 e. The molecule has 2 aromatic rings. The molecule has 0 fully saturated rings. The van der Waals surface area contributed by atoms with E-state index in [2.05, 4.69) is 22.2 Å². The summed E-state index contributed by atoms with van der Waals surface area (Å²) in [5.74, 6) is 0.384. The average molecular weight is 314 g/mol. The zero-order valence-corrected chi connectivity index (χ0v) is 14.1. The number of halogens is 1. The summed E-state index contributed by atoms with van der Waals surface area (Å²) in [5.41, 5.74) is 3.17. The molecule has 0 aliphatic rings. The predicted octanol–water partition coefficient (Wildman–Crippen LogP) is 4.45. The number of aromatic nitrogens is 1. The third kappa shape index (κ3) is 4.52. The zero-order valence-electron chi connectivity index (χ0n) is 14.1. The molecule has 0 spiro atoms. The molecule has 0 radical (unpaired) electrons. The summed E-state index contributed by atoms with van der Waals surface area (Å²) in [6, 6.07) is 8.70. The lowest BCUT2D eigenvalue weighted by atomic mass is 10.1. The van der Waals surface area contributed by atoms with Gasteiger partial charge in [0.1, 0.15) is 11.6 Å². The van der Waals surface area contributed by atoms with Gasteiger partial charge in [-0.2, -0.15) is 0 Å². The average Bonchev–Trinajstić information content (AvgIpc) is 2.56. The van der Waals surface area contributed by atoms with Crippen LogP contribution < -0.4 is 5.32 Å². The summed E-state index contributed by atoms with van der Waals surface area (Å²) in [4.78, 5) is 10.8. The van der Waals surface area contributed by atoms with Crippen molar-refractivity contribution < 1.29 is 4.39 Å². The van der Waals surface area contributed by atoms with Crippen molar-refractivity contribution in [3.05, 3.63) is 47.4 Å². The lowest BCUT2D eigenvalue weighted by molar-refractivity contribution is 0.552. The Hall–Kier alpha value is -2.43. The van der Waals surface area contributed by atoms with E-state index in [1.165, 1.54) is 12.1 Å². The fourth-order valence-electron chi connectivity index (χ4n) is 2.06. The molecule has 0 aliphatic heterocycles. The van der Waals surface area contributed by atoms with Crippen molar-refractivity contribution in [1.82, 2.24) is 9.88 Å². The van der Waals surface area contributed by atoms with E-state index in [9.17, 15) is 4.39 Å². The van der Waals surface area contributed by atoms with Gasteiger partial charge in [-0.05, 0) is 50.1 Å². The van der Waals surface area contributed by atoms with Crippen molar-refractivity contribution in [2.75, 3.05) is 18.9 Å². The number of pyridine rings is 1. The van der Waals surface area contributed by atoms with Gasteiger partial charge in [-0.15, -0.1) is 0 Å². The van der Waals surface area contributed by atoms with Gasteiger partial charge in [0.15, 0.2) is 0 Å². The van der Waals surface area contributed by atoms with Crippen LogP contribution in [0.4, 0.5) is 21.6 Å². The SMILES string of the molecule is CCc1cccc(Nc2cc(F)cc(N=CN(C)CC)c2C)n1. The molecule has 0 bridgehead atoms. The normalized spacial score (nSPS) is 11.0. The number of aryl methyl sites for hydroxylation is 1. The Morgan fingerprint density at radius 3 is 2.78 bits per heavy atom. The summed E-state index contributed by atoms with van der Waals surface area (Å²) in [7, 11) is 1.93. The molecule has 0 atom stereocenters. The van der Waals surface area contributed by atoms with Crippen LogP contribution in [0.1, 0.15) is 25.1 Å². The summed E-state index contributed by atoms with van der Waals surface area (Å²) in [6.45, 7) is 6.85. The third-order valence-electron chi connectivity index (χ3n) is 3.67. The lowest BCUT2D eigenvalue weighted by Gasteiger charge is -2.13. The van der Waals surface area contributed by atoms with Gasteiger partial charge in [-0.3, -0.25) is 0 Å². The van der Waals surface area contributed by atoms with E-state index in [4.69, 9.17) is 0 Å². The smallest absolute Gasteiger partial charge is 0.130 e. The monoisotopic (exact) mass is 314 g/mol. The highest BCUT2D eigenvalue weighted by Crippen LogP contribution is 2.29. The lowest BCUT2D eigenvalue weighted by Crippen LogP contribution is -2.14. The van der Waals surface area contributed by atoms with Gasteiger partial charge in [0, 0.05) is 25.0 Å². The van der Waals surface area contributed by atoms with Crippen molar-refractivity contribution in [3.8, 4) is 0 Å². The summed E-state index contributed by atoms with van der Waals surface area (Å²) < 4.78 is 13.9. The topological polar surface area (TPSA) is 40.5 Å². The molecule has 23 heavy (non-hydrogen) atoms. The van der Waals surface area contributed by atoms with E-state index in [1.807, 2.05) is 44.0 Å². The van der Waals surface area contributed by atoms with Gasteiger partial charge in [-0.1, -0.05) is 13.0 Å². The minimum absolute atomic E-state index is 0.323. The first-order valence-corrected chi connectivity index (χ1v) is 7.81. The molecule has 5 heteroatoms. The van der Waals surface area contributed by atoms with E-state index in [1.54, 1.807) is 6.34 Å². The Kier molecular flexibility index (Phi) is 5.68. The summed E-state index contributed by atoms with van der Waals surface area (Å²) in [5, 5.41) is 3.19.